The van der Waals surface area contributed by atoms with E-state index in [2.05, 4.69) is 4.99 Å². The van der Waals surface area contributed by atoms with Crippen LogP contribution in [-0.2, 0) is 0 Å². The van der Waals surface area contributed by atoms with Crippen LogP contribution in [0.25, 0.3) is 0 Å². The Kier molecular flexibility index (Phi) is 2.37. The Balaban J connectivity index is 3.68. The molecule has 0 aliphatic rings. The summed E-state index contributed by atoms with van der Waals surface area (Å²) in [5.41, 5.74) is 4.94. The van der Waals surface area contributed by atoms with Gasteiger partial charge in [-0.05, 0) is 18.5 Å². The fourth-order valence-corrected chi connectivity index (χ4v) is 0.272. The summed E-state index contributed by atoms with van der Waals surface area (Å²) in [6.07, 6.45) is 0. The molecule has 0 aliphatic heterocycles. The van der Waals surface area contributed by atoms with Crippen LogP contribution in [0.3, 0.4) is 0 Å². The fraction of sp³-hybridized carbons (Fsp3) is 0.333. The van der Waals surface area contributed by atoms with E-state index in [1.807, 2.05) is 0 Å². The summed E-state index contributed by atoms with van der Waals surface area (Å²) in [5.74, 6) is 0.181. The second-order valence-corrected chi connectivity index (χ2v) is 1.33. The van der Waals surface area contributed by atoms with Gasteiger partial charge in [0.1, 0.15) is 5.84 Å². The Morgan fingerprint density at radius 2 is 2.29 bits per heavy atom. The van der Waals surface area contributed by atoms with Crippen molar-refractivity contribution >= 4 is 22.8 Å². The van der Waals surface area contributed by atoms with Crippen LogP contribution in [-0.4, -0.2) is 11.2 Å². The summed E-state index contributed by atoms with van der Waals surface area (Å²) in [7, 11) is 0. The molecule has 0 bridgehead atoms. The molecule has 0 saturated carbocycles. The summed E-state index contributed by atoms with van der Waals surface area (Å²) in [5, 5.41) is -0.778. The molecule has 0 aliphatic carbocycles. The highest BCUT2D eigenvalue weighted by Gasteiger charge is 1.85. The lowest BCUT2D eigenvalue weighted by Gasteiger charge is -1.79. The molecule has 1 amide bonds. The molecule has 0 atom stereocenters. The van der Waals surface area contributed by atoms with Gasteiger partial charge in [-0.25, -0.2) is 0 Å². The first-order valence-corrected chi connectivity index (χ1v) is 2.01. The zero-order chi connectivity index (χ0) is 5.86. The number of hydrogen-bond acceptors (Lipinski definition) is 1. The number of halogens is 1. The zero-order valence-corrected chi connectivity index (χ0v) is 4.57. The van der Waals surface area contributed by atoms with E-state index in [0.29, 0.717) is 0 Å². The molecule has 4 heteroatoms. The molecule has 2 N–H and O–H groups in total. The molecular weight excluding hydrogens is 115 g/mol. The number of amides is 1. The molecule has 0 fully saturated rings. The summed E-state index contributed by atoms with van der Waals surface area (Å²) in [6, 6.07) is 0. The lowest BCUT2D eigenvalue weighted by molar-refractivity contribution is 0.266. The van der Waals surface area contributed by atoms with Crippen molar-refractivity contribution in [1.82, 2.24) is 0 Å². The minimum Gasteiger partial charge on any atom is -0.387 e. The van der Waals surface area contributed by atoms with Crippen LogP contribution < -0.4 is 5.73 Å². The average molecular weight is 121 g/mol. The molecule has 0 saturated heterocycles. The van der Waals surface area contributed by atoms with E-state index in [1.165, 1.54) is 6.92 Å². The van der Waals surface area contributed by atoms with E-state index in [0.717, 1.165) is 0 Å². The van der Waals surface area contributed by atoms with Crippen LogP contribution >= 0.6 is 11.6 Å². The van der Waals surface area contributed by atoms with Crippen LogP contribution in [0.1, 0.15) is 6.92 Å². The molecule has 0 radical (unpaired) electrons. The monoisotopic (exact) mass is 120 g/mol. The highest BCUT2D eigenvalue weighted by molar-refractivity contribution is 6.63. The van der Waals surface area contributed by atoms with Gasteiger partial charge < -0.3 is 5.73 Å². The maximum absolute atomic E-state index is 9.75. The number of aliphatic imine (C=N–C) groups is 1. The Bertz CT molecular complexity index is 106. The average Bonchev–Trinajstić information content (AvgIpc) is 1.27. The van der Waals surface area contributed by atoms with Gasteiger partial charge in [0.05, 0.1) is 0 Å². The van der Waals surface area contributed by atoms with Gasteiger partial charge in [0, 0.05) is 0 Å². The van der Waals surface area contributed by atoms with Crippen LogP contribution in [0.4, 0.5) is 4.79 Å². The highest BCUT2D eigenvalue weighted by atomic mass is 35.5. The molecule has 40 valence electrons. The highest BCUT2D eigenvalue weighted by Crippen LogP contribution is 1.82. The van der Waals surface area contributed by atoms with Crippen LogP contribution in [0.15, 0.2) is 4.99 Å². The van der Waals surface area contributed by atoms with Crippen LogP contribution in [0.2, 0.25) is 0 Å². The molecule has 0 aromatic heterocycles. The Morgan fingerprint density at radius 1 is 1.86 bits per heavy atom. The predicted octanol–water partition coefficient (Wildman–Crippen LogP) is 0.722. The van der Waals surface area contributed by atoms with Crippen LogP contribution in [0.5, 0.6) is 0 Å². The minimum atomic E-state index is -0.778. The topological polar surface area (TPSA) is 55.4 Å². The third-order valence-corrected chi connectivity index (χ3v) is 0.349. The Morgan fingerprint density at radius 3 is 2.29 bits per heavy atom. The Hall–Kier alpha value is -0.570. The maximum atomic E-state index is 9.75. The van der Waals surface area contributed by atoms with Gasteiger partial charge in [-0.15, -0.1) is 0 Å². The summed E-state index contributed by atoms with van der Waals surface area (Å²) >= 11 is 4.77. The quantitative estimate of drug-likeness (QED) is 0.222. The second-order valence-electron chi connectivity index (χ2n) is 1.01. The molecule has 0 aromatic rings. The number of nitrogens with two attached hydrogens (primary N) is 1. The van der Waals surface area contributed by atoms with Crippen molar-refractivity contribution in [3.05, 3.63) is 0 Å². The first-order valence-electron chi connectivity index (χ1n) is 1.63. The lowest BCUT2D eigenvalue weighted by Crippen LogP contribution is -2.05. The number of amidine groups is 1. The van der Waals surface area contributed by atoms with Crippen molar-refractivity contribution in [2.75, 3.05) is 0 Å². The van der Waals surface area contributed by atoms with Gasteiger partial charge in [0.2, 0.25) is 0 Å². The zero-order valence-electron chi connectivity index (χ0n) is 3.81. The third-order valence-electron chi connectivity index (χ3n) is 0.264. The lowest BCUT2D eigenvalue weighted by atomic mass is 10.7. The smallest absolute Gasteiger partial charge is 0.341 e. The fourth-order valence-electron chi connectivity index (χ4n) is 0.139. The largest absolute Gasteiger partial charge is 0.387 e. The predicted molar refractivity (Wildman–Crippen MR) is 28.5 cm³/mol. The van der Waals surface area contributed by atoms with E-state index in [-0.39, 0.29) is 5.84 Å². The minimum absolute atomic E-state index is 0.181. The number of carbonyl (C=O) groups is 1. The van der Waals surface area contributed by atoms with Crippen LogP contribution in [0, 0.1) is 0 Å². The number of hydrogen-bond donors (Lipinski definition) is 1. The van der Waals surface area contributed by atoms with Gasteiger partial charge in [0.15, 0.2) is 0 Å². The van der Waals surface area contributed by atoms with Crippen molar-refractivity contribution in [1.29, 1.82) is 0 Å². The third kappa shape index (κ3) is 5.43. The van der Waals surface area contributed by atoms with Crippen molar-refractivity contribution in [2.24, 2.45) is 10.7 Å². The molecular formula is C3H5ClN2O. The van der Waals surface area contributed by atoms with E-state index < -0.39 is 5.37 Å². The first kappa shape index (κ1) is 6.43. The molecule has 3 nitrogen and oxygen atoms in total. The number of rotatable bonds is 0. The van der Waals surface area contributed by atoms with Crippen molar-refractivity contribution in [3.8, 4) is 0 Å². The van der Waals surface area contributed by atoms with E-state index in [1.54, 1.807) is 0 Å². The number of carbonyl (C=O) groups excluding carboxylic acids is 1. The van der Waals surface area contributed by atoms with Gasteiger partial charge in [-0.2, -0.15) is 4.99 Å². The molecule has 7 heavy (non-hydrogen) atoms. The molecule has 0 unspecified atom stereocenters. The van der Waals surface area contributed by atoms with Gasteiger partial charge >= 0.3 is 5.37 Å². The normalized spacial score (nSPS) is 11.4. The van der Waals surface area contributed by atoms with E-state index in [4.69, 9.17) is 17.3 Å². The maximum Gasteiger partial charge on any atom is 0.341 e. The van der Waals surface area contributed by atoms with Crippen molar-refractivity contribution in [2.45, 2.75) is 6.92 Å². The summed E-state index contributed by atoms with van der Waals surface area (Å²) < 4.78 is 0. The summed E-state index contributed by atoms with van der Waals surface area (Å²) in [6.45, 7) is 1.49. The Labute approximate surface area is 46.2 Å². The number of nitrogens with zero attached hydrogens (tertiary/aromatic N) is 1. The molecule has 0 spiro atoms. The van der Waals surface area contributed by atoms with Crippen molar-refractivity contribution in [3.63, 3.8) is 0 Å². The van der Waals surface area contributed by atoms with Crippen molar-refractivity contribution < 1.29 is 4.79 Å². The molecule has 0 heterocycles. The second kappa shape index (κ2) is 2.58. The van der Waals surface area contributed by atoms with Gasteiger partial charge in [-0.1, -0.05) is 0 Å². The van der Waals surface area contributed by atoms with Gasteiger partial charge in [-0.3, -0.25) is 4.79 Å². The summed E-state index contributed by atoms with van der Waals surface area (Å²) in [4.78, 5) is 12.9. The van der Waals surface area contributed by atoms with E-state index in [9.17, 15) is 4.79 Å². The first-order chi connectivity index (χ1) is 3.13. The SMILES string of the molecule is CC(N)=NC(=O)Cl. The van der Waals surface area contributed by atoms with E-state index >= 15 is 0 Å². The van der Waals surface area contributed by atoms with Gasteiger partial charge in [0.25, 0.3) is 0 Å². The molecule has 0 aromatic carbocycles. The standard InChI is InChI=1S/C3H5ClN2O/c1-2(5)6-3(4)7/h1H3,(H2,5,6,7). The molecule has 0 rings (SSSR count).